The number of ketones is 1. The predicted octanol–water partition coefficient (Wildman–Crippen LogP) is 4.34. The molecule has 4 nitrogen and oxygen atoms in total. The van der Waals surface area contributed by atoms with E-state index < -0.39 is 29.6 Å². The van der Waals surface area contributed by atoms with Gasteiger partial charge >= 0.3 is 5.97 Å². The van der Waals surface area contributed by atoms with E-state index in [0.29, 0.717) is 17.9 Å². The van der Waals surface area contributed by atoms with E-state index in [1.54, 1.807) is 18.2 Å². The Hall–Kier alpha value is -2.40. The Balaban J connectivity index is 1.69. The second-order valence-electron chi connectivity index (χ2n) is 6.29. The van der Waals surface area contributed by atoms with E-state index in [0.717, 1.165) is 18.1 Å². The van der Waals surface area contributed by atoms with Crippen LogP contribution in [-0.4, -0.2) is 25.5 Å². The Morgan fingerprint density at radius 2 is 1.96 bits per heavy atom. The molecule has 0 amide bonds. The highest BCUT2D eigenvalue weighted by Gasteiger charge is 2.47. The normalized spacial score (nSPS) is 15.0. The average molecular weight is 377 g/mol. The fourth-order valence-electron chi connectivity index (χ4n) is 3.12. The van der Waals surface area contributed by atoms with Crippen molar-refractivity contribution in [1.29, 1.82) is 0 Å². The summed E-state index contributed by atoms with van der Waals surface area (Å²) in [4.78, 5) is 24.9. The first-order valence-electron chi connectivity index (χ1n) is 8.26. The molecule has 136 valence electrons. The van der Waals surface area contributed by atoms with E-state index in [-0.39, 0.29) is 11.3 Å². The van der Waals surface area contributed by atoms with Crippen LogP contribution in [0, 0.1) is 5.82 Å². The summed E-state index contributed by atoms with van der Waals surface area (Å²) >= 11 is 6.03. The molecule has 0 atom stereocenters. The maximum atomic E-state index is 13.7. The molecule has 0 spiro atoms. The van der Waals surface area contributed by atoms with Crippen molar-refractivity contribution >= 4 is 23.4 Å². The van der Waals surface area contributed by atoms with E-state index in [2.05, 4.69) is 0 Å². The largest absolute Gasteiger partial charge is 0.494 e. The van der Waals surface area contributed by atoms with E-state index in [1.165, 1.54) is 19.2 Å². The van der Waals surface area contributed by atoms with Gasteiger partial charge in [-0.3, -0.25) is 9.59 Å². The van der Waals surface area contributed by atoms with Crippen LogP contribution < -0.4 is 4.74 Å². The minimum Gasteiger partial charge on any atom is -0.494 e. The highest BCUT2D eigenvalue weighted by Crippen LogP contribution is 2.45. The zero-order chi connectivity index (χ0) is 18.7. The zero-order valence-electron chi connectivity index (χ0n) is 14.3. The van der Waals surface area contributed by atoms with Crippen molar-refractivity contribution in [3.8, 4) is 5.75 Å². The van der Waals surface area contributed by atoms with E-state index >= 15 is 0 Å². The molecular weight excluding hydrogens is 359 g/mol. The highest BCUT2D eigenvalue weighted by molar-refractivity contribution is 6.30. The van der Waals surface area contributed by atoms with Gasteiger partial charge < -0.3 is 9.47 Å². The fourth-order valence-corrected chi connectivity index (χ4v) is 3.31. The maximum absolute atomic E-state index is 13.7. The number of halogens is 2. The molecule has 3 rings (SSSR count). The van der Waals surface area contributed by atoms with Gasteiger partial charge in [0.2, 0.25) is 0 Å². The van der Waals surface area contributed by atoms with Crippen molar-refractivity contribution in [1.82, 2.24) is 0 Å². The lowest BCUT2D eigenvalue weighted by atomic mass is 9.64. The average Bonchev–Trinajstić information content (AvgIpc) is 2.58. The van der Waals surface area contributed by atoms with Gasteiger partial charge in [0.25, 0.3) is 0 Å². The molecule has 1 fully saturated rings. The van der Waals surface area contributed by atoms with Crippen LogP contribution >= 0.6 is 11.6 Å². The van der Waals surface area contributed by atoms with Crippen LogP contribution in [0.25, 0.3) is 0 Å². The van der Waals surface area contributed by atoms with Gasteiger partial charge in [-0.25, -0.2) is 4.39 Å². The molecule has 2 aromatic rings. The third kappa shape index (κ3) is 3.44. The number of esters is 1. The predicted molar refractivity (Wildman–Crippen MR) is 95.2 cm³/mol. The number of benzene rings is 2. The van der Waals surface area contributed by atoms with Crippen molar-refractivity contribution in [2.24, 2.45) is 0 Å². The Morgan fingerprint density at radius 3 is 2.54 bits per heavy atom. The number of rotatable bonds is 6. The van der Waals surface area contributed by atoms with Gasteiger partial charge in [0, 0.05) is 10.6 Å². The molecule has 0 saturated heterocycles. The van der Waals surface area contributed by atoms with Crippen LogP contribution in [0.4, 0.5) is 4.39 Å². The summed E-state index contributed by atoms with van der Waals surface area (Å²) in [6.07, 6.45) is 2.20. The number of carbonyl (C=O) groups is 2. The monoisotopic (exact) mass is 376 g/mol. The summed E-state index contributed by atoms with van der Waals surface area (Å²) in [5, 5.41) is 0.548. The molecule has 26 heavy (non-hydrogen) atoms. The Labute approximate surface area is 155 Å². The summed E-state index contributed by atoms with van der Waals surface area (Å²) in [5.74, 6) is -1.51. The van der Waals surface area contributed by atoms with Crippen molar-refractivity contribution < 1.29 is 23.5 Å². The topological polar surface area (TPSA) is 52.6 Å². The van der Waals surface area contributed by atoms with Crippen LogP contribution in [0.5, 0.6) is 5.75 Å². The van der Waals surface area contributed by atoms with E-state index in [1.807, 2.05) is 6.07 Å². The molecule has 2 aromatic carbocycles. The third-order valence-electron chi connectivity index (χ3n) is 4.78. The number of methoxy groups -OCH3 is 1. The number of carbonyl (C=O) groups excluding carboxylic acids is 2. The van der Waals surface area contributed by atoms with Gasteiger partial charge in [-0.2, -0.15) is 0 Å². The second kappa shape index (κ2) is 7.46. The van der Waals surface area contributed by atoms with Gasteiger partial charge in [0.05, 0.1) is 12.5 Å². The lowest BCUT2D eigenvalue weighted by molar-refractivity contribution is -0.153. The number of hydrogen-bond acceptors (Lipinski definition) is 4. The number of hydrogen-bond donors (Lipinski definition) is 0. The minimum atomic E-state index is -0.754. The standard InChI is InChI=1S/C20H18ClFO4/c1-25-18-7-6-13(10-16(18)22)17(23)12-26-19(24)20(8-3-9-20)14-4-2-5-15(21)11-14/h2,4-7,10-11H,3,8-9,12H2,1H3. The molecule has 0 N–H and O–H groups in total. The first kappa shape index (κ1) is 18.4. The summed E-state index contributed by atoms with van der Waals surface area (Å²) in [6.45, 7) is -0.438. The van der Waals surface area contributed by atoms with E-state index in [4.69, 9.17) is 21.1 Å². The van der Waals surface area contributed by atoms with Crippen molar-refractivity contribution in [2.45, 2.75) is 24.7 Å². The van der Waals surface area contributed by atoms with Gasteiger partial charge in [0.1, 0.15) is 0 Å². The SMILES string of the molecule is COc1ccc(C(=O)COC(=O)C2(c3cccc(Cl)c3)CCC2)cc1F. The molecule has 1 saturated carbocycles. The molecule has 0 aromatic heterocycles. The van der Waals surface area contributed by atoms with Gasteiger partial charge in [0.15, 0.2) is 24.0 Å². The van der Waals surface area contributed by atoms with Gasteiger partial charge in [-0.05, 0) is 48.7 Å². The van der Waals surface area contributed by atoms with Crippen LogP contribution in [0.1, 0.15) is 35.2 Å². The Morgan fingerprint density at radius 1 is 1.19 bits per heavy atom. The maximum Gasteiger partial charge on any atom is 0.317 e. The molecule has 0 heterocycles. The zero-order valence-corrected chi connectivity index (χ0v) is 15.0. The summed E-state index contributed by atoms with van der Waals surface area (Å²) in [7, 11) is 1.34. The molecule has 6 heteroatoms. The third-order valence-corrected chi connectivity index (χ3v) is 5.02. The lowest BCUT2D eigenvalue weighted by Crippen LogP contribution is -2.44. The lowest BCUT2D eigenvalue weighted by Gasteiger charge is -2.39. The minimum absolute atomic E-state index is 0.0490. The quantitative estimate of drug-likeness (QED) is 0.556. The number of ether oxygens (including phenoxy) is 2. The van der Waals surface area contributed by atoms with Crippen LogP contribution in [0.15, 0.2) is 42.5 Å². The first-order chi connectivity index (χ1) is 12.5. The van der Waals surface area contributed by atoms with E-state index in [9.17, 15) is 14.0 Å². The van der Waals surface area contributed by atoms with Gasteiger partial charge in [-0.15, -0.1) is 0 Å². The van der Waals surface area contributed by atoms with Crippen LogP contribution in [0.2, 0.25) is 5.02 Å². The van der Waals surface area contributed by atoms with Crippen LogP contribution in [-0.2, 0) is 14.9 Å². The summed E-state index contributed by atoms with van der Waals surface area (Å²) in [5.41, 5.74) is 0.168. The molecular formula is C20H18ClFO4. The van der Waals surface area contributed by atoms with Gasteiger partial charge in [-0.1, -0.05) is 30.2 Å². The highest BCUT2D eigenvalue weighted by atomic mass is 35.5. The summed E-state index contributed by atoms with van der Waals surface area (Å²) < 4.78 is 23.8. The van der Waals surface area contributed by atoms with Crippen molar-refractivity contribution in [3.63, 3.8) is 0 Å². The summed E-state index contributed by atoms with van der Waals surface area (Å²) in [6, 6.07) is 11.0. The second-order valence-corrected chi connectivity index (χ2v) is 6.73. The van der Waals surface area contributed by atoms with Crippen molar-refractivity contribution in [3.05, 3.63) is 64.4 Å². The molecule has 0 radical (unpaired) electrons. The van der Waals surface area contributed by atoms with Crippen molar-refractivity contribution in [2.75, 3.05) is 13.7 Å². The fraction of sp³-hybridized carbons (Fsp3) is 0.300. The molecule has 0 unspecified atom stereocenters. The Kier molecular flexibility index (Phi) is 5.28. The molecule has 1 aliphatic rings. The Bertz CT molecular complexity index is 845. The first-order valence-corrected chi connectivity index (χ1v) is 8.64. The molecule has 1 aliphatic carbocycles. The number of Topliss-reactive ketones (excluding diaryl/α,β-unsaturated/α-hetero) is 1. The molecule has 0 bridgehead atoms. The van der Waals surface area contributed by atoms with Crippen LogP contribution in [0.3, 0.4) is 0 Å². The smallest absolute Gasteiger partial charge is 0.317 e. The molecule has 0 aliphatic heterocycles.